The first-order valence-corrected chi connectivity index (χ1v) is 8.23. The molecule has 0 aliphatic carbocycles. The van der Waals surface area contributed by atoms with Crippen LogP contribution in [0.5, 0.6) is 0 Å². The Labute approximate surface area is 114 Å². The molecule has 0 saturated heterocycles. The zero-order chi connectivity index (χ0) is 13.7. The van der Waals surface area contributed by atoms with Crippen LogP contribution in [-0.2, 0) is 9.84 Å². The number of anilines is 1. The molecule has 1 heterocycles. The normalized spacial score (nSPS) is 15.9. The van der Waals surface area contributed by atoms with Gasteiger partial charge in [-0.1, -0.05) is 30.7 Å². The molecule has 5 heteroatoms. The van der Waals surface area contributed by atoms with Gasteiger partial charge in [0.25, 0.3) is 0 Å². The highest BCUT2D eigenvalue weighted by Gasteiger charge is 2.16. The van der Waals surface area contributed by atoms with Gasteiger partial charge in [0.1, 0.15) is 0 Å². The van der Waals surface area contributed by atoms with Gasteiger partial charge in [-0.2, -0.15) is 0 Å². The van der Waals surface area contributed by atoms with Gasteiger partial charge in [0.2, 0.25) is 0 Å². The van der Waals surface area contributed by atoms with Gasteiger partial charge in [0.05, 0.1) is 16.3 Å². The van der Waals surface area contributed by atoms with E-state index < -0.39 is 9.84 Å². The quantitative estimate of drug-likeness (QED) is 0.808. The molecule has 2 N–H and O–H groups in total. The van der Waals surface area contributed by atoms with Crippen molar-refractivity contribution in [2.45, 2.75) is 18.2 Å². The van der Waals surface area contributed by atoms with E-state index in [0.29, 0.717) is 17.1 Å². The Kier molecular flexibility index (Phi) is 4.61. The summed E-state index contributed by atoms with van der Waals surface area (Å²) in [6.07, 6.45) is 3.17. The second-order valence-electron chi connectivity index (χ2n) is 4.57. The van der Waals surface area contributed by atoms with E-state index in [1.807, 2.05) is 12.1 Å². The second kappa shape index (κ2) is 6.21. The number of rotatable bonds is 5. The summed E-state index contributed by atoms with van der Waals surface area (Å²) in [6, 6.07) is 7.10. The molecule has 0 bridgehead atoms. The Morgan fingerprint density at radius 2 is 2.11 bits per heavy atom. The lowest BCUT2D eigenvalue weighted by molar-refractivity contribution is 0.597. The summed E-state index contributed by atoms with van der Waals surface area (Å²) in [6.45, 7) is 4.26. The average molecular weight is 280 g/mol. The van der Waals surface area contributed by atoms with Crippen molar-refractivity contribution < 1.29 is 8.42 Å². The SMILES string of the molecule is CCS(=O)(=O)c1ccccc1NCC1=CCNCC1. The van der Waals surface area contributed by atoms with Crippen LogP contribution >= 0.6 is 0 Å². The molecule has 104 valence electrons. The van der Waals surface area contributed by atoms with Crippen LogP contribution in [0.15, 0.2) is 40.8 Å². The minimum atomic E-state index is -3.18. The third kappa shape index (κ3) is 3.58. The molecule has 2 rings (SSSR count). The van der Waals surface area contributed by atoms with E-state index in [2.05, 4.69) is 16.7 Å². The van der Waals surface area contributed by atoms with Gasteiger partial charge in [-0.3, -0.25) is 0 Å². The van der Waals surface area contributed by atoms with Crippen molar-refractivity contribution in [1.82, 2.24) is 5.32 Å². The molecule has 0 fully saturated rings. The van der Waals surface area contributed by atoms with E-state index in [-0.39, 0.29) is 5.75 Å². The molecule has 0 aromatic heterocycles. The maximum Gasteiger partial charge on any atom is 0.180 e. The average Bonchev–Trinajstić information content (AvgIpc) is 2.46. The van der Waals surface area contributed by atoms with Crippen LogP contribution in [0.3, 0.4) is 0 Å². The summed E-state index contributed by atoms with van der Waals surface area (Å²) in [7, 11) is -3.18. The largest absolute Gasteiger partial charge is 0.380 e. The molecule has 0 atom stereocenters. The van der Waals surface area contributed by atoms with Gasteiger partial charge in [-0.15, -0.1) is 0 Å². The zero-order valence-electron chi connectivity index (χ0n) is 11.1. The molecule has 1 aliphatic heterocycles. The van der Waals surface area contributed by atoms with Crippen molar-refractivity contribution in [2.24, 2.45) is 0 Å². The predicted molar refractivity (Wildman–Crippen MR) is 78.2 cm³/mol. The molecule has 1 aromatic carbocycles. The lowest BCUT2D eigenvalue weighted by Gasteiger charge is -2.16. The summed E-state index contributed by atoms with van der Waals surface area (Å²) in [4.78, 5) is 0.395. The molecular formula is C14H20N2O2S. The van der Waals surface area contributed by atoms with Crippen molar-refractivity contribution in [2.75, 3.05) is 30.7 Å². The predicted octanol–water partition coefficient (Wildman–Crippen LogP) is 1.81. The Morgan fingerprint density at radius 3 is 2.79 bits per heavy atom. The maximum atomic E-state index is 12.0. The van der Waals surface area contributed by atoms with Gasteiger partial charge < -0.3 is 10.6 Å². The molecule has 0 amide bonds. The van der Waals surface area contributed by atoms with Crippen molar-refractivity contribution in [3.05, 3.63) is 35.9 Å². The van der Waals surface area contributed by atoms with Crippen molar-refractivity contribution in [3.63, 3.8) is 0 Å². The highest BCUT2D eigenvalue weighted by Crippen LogP contribution is 2.22. The lowest BCUT2D eigenvalue weighted by Crippen LogP contribution is -2.23. The Hall–Kier alpha value is -1.33. The maximum absolute atomic E-state index is 12.0. The van der Waals surface area contributed by atoms with Gasteiger partial charge in [0, 0.05) is 13.1 Å². The van der Waals surface area contributed by atoms with E-state index in [1.54, 1.807) is 19.1 Å². The van der Waals surface area contributed by atoms with E-state index in [4.69, 9.17) is 0 Å². The lowest BCUT2D eigenvalue weighted by atomic mass is 10.1. The van der Waals surface area contributed by atoms with Gasteiger partial charge >= 0.3 is 0 Å². The van der Waals surface area contributed by atoms with Crippen LogP contribution in [0.1, 0.15) is 13.3 Å². The number of nitrogens with one attached hydrogen (secondary N) is 2. The minimum Gasteiger partial charge on any atom is -0.380 e. The summed E-state index contributed by atoms with van der Waals surface area (Å²) < 4.78 is 24.0. The summed E-state index contributed by atoms with van der Waals surface area (Å²) >= 11 is 0. The van der Waals surface area contributed by atoms with Crippen molar-refractivity contribution in [1.29, 1.82) is 0 Å². The highest BCUT2D eigenvalue weighted by molar-refractivity contribution is 7.91. The third-order valence-corrected chi connectivity index (χ3v) is 5.05. The van der Waals surface area contributed by atoms with Crippen LogP contribution in [0, 0.1) is 0 Å². The number of benzene rings is 1. The molecule has 0 saturated carbocycles. The van der Waals surface area contributed by atoms with Crippen LogP contribution in [0.25, 0.3) is 0 Å². The first-order valence-electron chi connectivity index (χ1n) is 6.58. The van der Waals surface area contributed by atoms with Crippen LogP contribution in [0.2, 0.25) is 0 Å². The molecular weight excluding hydrogens is 260 g/mol. The fourth-order valence-electron chi connectivity index (χ4n) is 2.08. The molecule has 0 radical (unpaired) electrons. The fourth-order valence-corrected chi connectivity index (χ4v) is 3.15. The Balaban J connectivity index is 2.14. The smallest absolute Gasteiger partial charge is 0.180 e. The topological polar surface area (TPSA) is 58.2 Å². The number of hydrogen-bond donors (Lipinski definition) is 2. The number of para-hydroxylation sites is 1. The minimum absolute atomic E-state index is 0.123. The second-order valence-corrected chi connectivity index (χ2v) is 6.82. The van der Waals surface area contributed by atoms with E-state index in [0.717, 1.165) is 19.5 Å². The molecule has 0 unspecified atom stereocenters. The molecule has 1 aromatic rings. The van der Waals surface area contributed by atoms with Crippen LogP contribution < -0.4 is 10.6 Å². The van der Waals surface area contributed by atoms with Gasteiger partial charge in [-0.05, 0) is 25.1 Å². The first-order chi connectivity index (χ1) is 9.13. The number of hydrogen-bond acceptors (Lipinski definition) is 4. The van der Waals surface area contributed by atoms with Crippen LogP contribution in [-0.4, -0.2) is 33.8 Å². The molecule has 0 spiro atoms. The Morgan fingerprint density at radius 1 is 1.32 bits per heavy atom. The molecule has 4 nitrogen and oxygen atoms in total. The number of sulfone groups is 1. The molecule has 19 heavy (non-hydrogen) atoms. The molecule has 1 aliphatic rings. The van der Waals surface area contributed by atoms with Crippen molar-refractivity contribution >= 4 is 15.5 Å². The van der Waals surface area contributed by atoms with E-state index in [9.17, 15) is 8.42 Å². The monoisotopic (exact) mass is 280 g/mol. The van der Waals surface area contributed by atoms with E-state index in [1.165, 1.54) is 5.57 Å². The Bertz CT molecular complexity index is 565. The van der Waals surface area contributed by atoms with Crippen LogP contribution in [0.4, 0.5) is 5.69 Å². The van der Waals surface area contributed by atoms with E-state index >= 15 is 0 Å². The third-order valence-electron chi connectivity index (χ3n) is 3.27. The fraction of sp³-hybridized carbons (Fsp3) is 0.429. The standard InChI is InChI=1S/C14H20N2O2S/c1-2-19(17,18)14-6-4-3-5-13(14)16-11-12-7-9-15-10-8-12/h3-7,15-16H,2,8-11H2,1H3. The summed E-state index contributed by atoms with van der Waals surface area (Å²) in [5.41, 5.74) is 2.02. The highest BCUT2D eigenvalue weighted by atomic mass is 32.2. The first kappa shape index (κ1) is 14.1. The van der Waals surface area contributed by atoms with Gasteiger partial charge in [0.15, 0.2) is 9.84 Å². The van der Waals surface area contributed by atoms with Crippen molar-refractivity contribution in [3.8, 4) is 0 Å². The summed E-state index contributed by atoms with van der Waals surface area (Å²) in [5, 5.41) is 6.51. The van der Waals surface area contributed by atoms with Gasteiger partial charge in [-0.25, -0.2) is 8.42 Å². The summed E-state index contributed by atoms with van der Waals surface area (Å²) in [5.74, 6) is 0.123. The zero-order valence-corrected chi connectivity index (χ0v) is 12.0.